The highest BCUT2D eigenvalue weighted by Crippen LogP contribution is 2.37. The first-order valence-electron chi connectivity index (χ1n) is 7.36. The summed E-state index contributed by atoms with van der Waals surface area (Å²) >= 11 is 0. The number of hydrogen-bond acceptors (Lipinski definition) is 4. The van der Waals surface area contributed by atoms with Crippen LogP contribution in [0.5, 0.6) is 0 Å². The number of nitrogen functional groups attached to an aromatic ring is 1. The number of hydrazine groups is 1. The monoisotopic (exact) mass is 279 g/mol. The van der Waals surface area contributed by atoms with E-state index in [0.717, 1.165) is 31.0 Å². The number of hydrogen-bond donors (Lipinski definition) is 2. The van der Waals surface area contributed by atoms with E-state index in [4.69, 9.17) is 10.3 Å². The summed E-state index contributed by atoms with van der Waals surface area (Å²) in [5.74, 6) is 5.93. The molecule has 1 aromatic rings. The second kappa shape index (κ2) is 5.97. The van der Waals surface area contributed by atoms with Gasteiger partial charge in [0.15, 0.2) is 5.76 Å². The van der Waals surface area contributed by atoms with Crippen molar-refractivity contribution in [3.63, 3.8) is 0 Å². The van der Waals surface area contributed by atoms with Gasteiger partial charge in [-0.15, -0.1) is 0 Å². The van der Waals surface area contributed by atoms with Gasteiger partial charge in [-0.3, -0.25) is 15.1 Å². The fourth-order valence-corrected chi connectivity index (χ4v) is 3.13. The summed E-state index contributed by atoms with van der Waals surface area (Å²) in [5, 5.41) is 0. The van der Waals surface area contributed by atoms with Gasteiger partial charge in [-0.2, -0.15) is 0 Å². The first kappa shape index (κ1) is 15.1. The zero-order valence-electron chi connectivity index (χ0n) is 12.7. The summed E-state index contributed by atoms with van der Waals surface area (Å²) in [6, 6.07) is 1.93. The lowest BCUT2D eigenvalue weighted by atomic mass is 9.82. The number of nitrogens with one attached hydrogen (secondary N) is 1. The van der Waals surface area contributed by atoms with Crippen molar-refractivity contribution in [1.29, 1.82) is 0 Å². The number of carbonyl (C=O) groups excluding carboxylic acids is 1. The molecule has 0 aliphatic carbocycles. The molecule has 0 radical (unpaired) electrons. The third kappa shape index (κ3) is 2.88. The standard InChI is InChI=1S/C15H25N3O2/c1-4-15(5-2)6-7-18(10-15)9-12-8-11(3)13(20-12)14(19)17-16/h8H,4-7,9-10,16H2,1-3H3,(H,17,19). The molecule has 0 aromatic carbocycles. The summed E-state index contributed by atoms with van der Waals surface area (Å²) < 4.78 is 5.63. The molecule has 1 aliphatic heterocycles. The fraction of sp³-hybridized carbons (Fsp3) is 0.667. The van der Waals surface area contributed by atoms with Gasteiger partial charge >= 0.3 is 5.91 Å². The minimum absolute atomic E-state index is 0.318. The average molecular weight is 279 g/mol. The molecule has 2 rings (SSSR count). The van der Waals surface area contributed by atoms with Gasteiger partial charge in [-0.1, -0.05) is 13.8 Å². The number of aryl methyl sites for hydroxylation is 1. The second-order valence-corrected chi connectivity index (χ2v) is 5.87. The Morgan fingerprint density at radius 1 is 1.50 bits per heavy atom. The van der Waals surface area contributed by atoms with Gasteiger partial charge in [-0.05, 0) is 44.2 Å². The van der Waals surface area contributed by atoms with Crippen LogP contribution in [-0.2, 0) is 6.54 Å². The summed E-state index contributed by atoms with van der Waals surface area (Å²) in [6.45, 7) is 9.38. The smallest absolute Gasteiger partial charge is 0.301 e. The van der Waals surface area contributed by atoms with Crippen LogP contribution >= 0.6 is 0 Å². The van der Waals surface area contributed by atoms with Gasteiger partial charge in [0.1, 0.15) is 5.76 Å². The molecule has 1 saturated heterocycles. The molecule has 0 bridgehead atoms. The van der Waals surface area contributed by atoms with E-state index in [2.05, 4.69) is 24.2 Å². The Labute approximate surface area is 120 Å². The molecular weight excluding hydrogens is 254 g/mol. The van der Waals surface area contributed by atoms with Crippen LogP contribution in [0.15, 0.2) is 10.5 Å². The van der Waals surface area contributed by atoms with Crippen LogP contribution in [0.25, 0.3) is 0 Å². The highest BCUT2D eigenvalue weighted by atomic mass is 16.4. The van der Waals surface area contributed by atoms with Crippen molar-refractivity contribution in [2.75, 3.05) is 13.1 Å². The quantitative estimate of drug-likeness (QED) is 0.492. The highest BCUT2D eigenvalue weighted by molar-refractivity contribution is 5.92. The highest BCUT2D eigenvalue weighted by Gasteiger charge is 2.35. The van der Waals surface area contributed by atoms with Gasteiger partial charge < -0.3 is 4.42 Å². The molecule has 0 unspecified atom stereocenters. The Kier molecular flexibility index (Phi) is 4.50. The molecule has 20 heavy (non-hydrogen) atoms. The van der Waals surface area contributed by atoms with Crippen LogP contribution in [0.2, 0.25) is 0 Å². The van der Waals surface area contributed by atoms with E-state index < -0.39 is 0 Å². The zero-order valence-corrected chi connectivity index (χ0v) is 12.7. The van der Waals surface area contributed by atoms with E-state index in [1.54, 1.807) is 0 Å². The van der Waals surface area contributed by atoms with E-state index in [-0.39, 0.29) is 5.91 Å². The van der Waals surface area contributed by atoms with Gasteiger partial charge in [-0.25, -0.2) is 5.84 Å². The predicted molar refractivity (Wildman–Crippen MR) is 78.0 cm³/mol. The Morgan fingerprint density at radius 2 is 2.20 bits per heavy atom. The van der Waals surface area contributed by atoms with Crippen LogP contribution in [-0.4, -0.2) is 23.9 Å². The Morgan fingerprint density at radius 3 is 2.75 bits per heavy atom. The molecule has 5 nitrogen and oxygen atoms in total. The number of nitrogens with zero attached hydrogens (tertiary/aromatic N) is 1. The van der Waals surface area contributed by atoms with Crippen molar-refractivity contribution in [2.24, 2.45) is 11.3 Å². The number of carbonyl (C=O) groups is 1. The van der Waals surface area contributed by atoms with Gasteiger partial charge in [0, 0.05) is 12.1 Å². The molecule has 1 aliphatic rings. The van der Waals surface area contributed by atoms with E-state index in [0.29, 0.717) is 11.2 Å². The molecular formula is C15H25N3O2. The average Bonchev–Trinajstić information content (AvgIpc) is 3.03. The Balaban J connectivity index is 2.03. The van der Waals surface area contributed by atoms with Gasteiger partial charge in [0.05, 0.1) is 6.54 Å². The molecule has 1 fully saturated rings. The second-order valence-electron chi connectivity index (χ2n) is 5.87. The molecule has 2 heterocycles. The number of amides is 1. The summed E-state index contributed by atoms with van der Waals surface area (Å²) in [4.78, 5) is 13.9. The SMILES string of the molecule is CCC1(CC)CCN(Cc2cc(C)c(C(=O)NN)o2)C1. The Bertz CT molecular complexity index is 477. The largest absolute Gasteiger partial charge is 0.454 e. The maximum Gasteiger partial charge on any atom is 0.301 e. The third-order valence-corrected chi connectivity index (χ3v) is 4.70. The number of rotatable bonds is 5. The van der Waals surface area contributed by atoms with E-state index in [1.165, 1.54) is 19.3 Å². The lowest BCUT2D eigenvalue weighted by Crippen LogP contribution is -2.30. The summed E-state index contributed by atoms with van der Waals surface area (Å²) in [5.41, 5.74) is 3.40. The molecule has 1 amide bonds. The molecule has 3 N–H and O–H groups in total. The molecule has 1 aromatic heterocycles. The van der Waals surface area contributed by atoms with Crippen LogP contribution < -0.4 is 11.3 Å². The molecule has 0 spiro atoms. The van der Waals surface area contributed by atoms with Crippen molar-refractivity contribution in [3.05, 3.63) is 23.2 Å². The van der Waals surface area contributed by atoms with Crippen molar-refractivity contribution in [3.8, 4) is 0 Å². The molecule has 5 heteroatoms. The maximum atomic E-state index is 11.5. The van der Waals surface area contributed by atoms with Crippen molar-refractivity contribution < 1.29 is 9.21 Å². The van der Waals surface area contributed by atoms with Crippen LogP contribution in [0.4, 0.5) is 0 Å². The van der Waals surface area contributed by atoms with Crippen LogP contribution in [0.3, 0.4) is 0 Å². The number of furan rings is 1. The van der Waals surface area contributed by atoms with Crippen molar-refractivity contribution in [1.82, 2.24) is 10.3 Å². The molecule has 0 saturated carbocycles. The van der Waals surface area contributed by atoms with Crippen LogP contribution in [0.1, 0.15) is 55.0 Å². The minimum Gasteiger partial charge on any atom is -0.454 e. The zero-order chi connectivity index (χ0) is 14.8. The van der Waals surface area contributed by atoms with E-state index in [1.807, 2.05) is 13.0 Å². The Hall–Kier alpha value is -1.33. The summed E-state index contributed by atoms with van der Waals surface area (Å²) in [7, 11) is 0. The number of nitrogens with two attached hydrogens (primary N) is 1. The van der Waals surface area contributed by atoms with E-state index in [9.17, 15) is 4.79 Å². The van der Waals surface area contributed by atoms with E-state index >= 15 is 0 Å². The van der Waals surface area contributed by atoms with Gasteiger partial charge in [0.2, 0.25) is 0 Å². The lowest BCUT2D eigenvalue weighted by molar-refractivity contribution is 0.0921. The van der Waals surface area contributed by atoms with Crippen molar-refractivity contribution in [2.45, 2.75) is 46.6 Å². The predicted octanol–water partition coefficient (Wildman–Crippen LogP) is 2.20. The molecule has 0 atom stereocenters. The fourth-order valence-electron chi connectivity index (χ4n) is 3.13. The number of likely N-dealkylation sites (tertiary alicyclic amines) is 1. The molecule has 112 valence electrons. The first-order valence-corrected chi connectivity index (χ1v) is 7.36. The normalized spacial score (nSPS) is 18.4. The summed E-state index contributed by atoms with van der Waals surface area (Å²) in [6.07, 6.45) is 3.69. The minimum atomic E-state index is -0.369. The van der Waals surface area contributed by atoms with Crippen molar-refractivity contribution >= 4 is 5.91 Å². The topological polar surface area (TPSA) is 71.5 Å². The maximum absolute atomic E-state index is 11.5. The lowest BCUT2D eigenvalue weighted by Gasteiger charge is -2.26. The first-order chi connectivity index (χ1) is 9.53. The van der Waals surface area contributed by atoms with Crippen LogP contribution in [0, 0.1) is 12.3 Å². The van der Waals surface area contributed by atoms with Gasteiger partial charge in [0.25, 0.3) is 0 Å². The third-order valence-electron chi connectivity index (χ3n) is 4.70.